The second kappa shape index (κ2) is 5.45. The number of aromatic amines is 1. The van der Waals surface area contributed by atoms with E-state index < -0.39 is 0 Å². The van der Waals surface area contributed by atoms with E-state index >= 15 is 0 Å². The Labute approximate surface area is 138 Å². The smallest absolute Gasteiger partial charge is 0.255 e. The van der Waals surface area contributed by atoms with Crippen LogP contribution in [0.15, 0.2) is 23.7 Å². The first-order valence-electron chi connectivity index (χ1n) is 7.87. The van der Waals surface area contributed by atoms with E-state index in [4.69, 9.17) is 0 Å². The van der Waals surface area contributed by atoms with Crippen LogP contribution in [0.2, 0.25) is 0 Å². The standard InChI is InChI=1S/C17H18N4OS/c1-3-14-12-5-7-23-15(12)4-6-21(14)17(22)11-8-13-10(2)19-20-16(13)18-9-11/h5,7-9,14H,3-4,6H2,1-2H3,(H,18,19,20). The van der Waals surface area contributed by atoms with Crippen molar-refractivity contribution in [2.24, 2.45) is 0 Å². The highest BCUT2D eigenvalue weighted by Gasteiger charge is 2.31. The summed E-state index contributed by atoms with van der Waals surface area (Å²) in [6.45, 7) is 4.85. The Morgan fingerprint density at radius 1 is 1.52 bits per heavy atom. The number of fused-ring (bicyclic) bond motifs is 2. The second-order valence-electron chi connectivity index (χ2n) is 5.92. The van der Waals surface area contributed by atoms with Gasteiger partial charge in [-0.1, -0.05) is 6.92 Å². The monoisotopic (exact) mass is 326 g/mol. The van der Waals surface area contributed by atoms with E-state index in [0.717, 1.165) is 30.5 Å². The summed E-state index contributed by atoms with van der Waals surface area (Å²) in [4.78, 5) is 20.8. The molecule has 0 radical (unpaired) electrons. The number of rotatable bonds is 2. The van der Waals surface area contributed by atoms with Gasteiger partial charge in [-0.3, -0.25) is 9.89 Å². The molecule has 0 aliphatic carbocycles. The van der Waals surface area contributed by atoms with E-state index in [2.05, 4.69) is 33.6 Å². The van der Waals surface area contributed by atoms with Gasteiger partial charge in [0.05, 0.1) is 11.6 Å². The molecule has 1 aliphatic rings. The number of thiophene rings is 1. The zero-order valence-corrected chi connectivity index (χ0v) is 14.0. The zero-order chi connectivity index (χ0) is 16.0. The molecule has 3 aromatic rings. The highest BCUT2D eigenvalue weighted by Crippen LogP contribution is 2.36. The van der Waals surface area contributed by atoms with Crippen LogP contribution >= 0.6 is 11.3 Å². The molecule has 3 aromatic heterocycles. The van der Waals surface area contributed by atoms with Crippen LogP contribution in [0.4, 0.5) is 0 Å². The van der Waals surface area contributed by atoms with Crippen molar-refractivity contribution < 1.29 is 4.79 Å². The molecular formula is C17H18N4OS. The molecule has 1 amide bonds. The van der Waals surface area contributed by atoms with Crippen molar-refractivity contribution in [3.05, 3.63) is 45.4 Å². The Bertz CT molecular complexity index is 882. The highest BCUT2D eigenvalue weighted by atomic mass is 32.1. The molecule has 5 nitrogen and oxygen atoms in total. The Hall–Kier alpha value is -2.21. The van der Waals surface area contributed by atoms with Crippen LogP contribution < -0.4 is 0 Å². The average Bonchev–Trinajstić information content (AvgIpc) is 3.20. The molecule has 1 unspecified atom stereocenters. The number of nitrogens with one attached hydrogen (secondary N) is 1. The molecule has 0 bridgehead atoms. The number of hydrogen-bond acceptors (Lipinski definition) is 4. The number of aromatic nitrogens is 3. The maximum Gasteiger partial charge on any atom is 0.255 e. The number of carbonyl (C=O) groups is 1. The van der Waals surface area contributed by atoms with E-state index in [-0.39, 0.29) is 11.9 Å². The van der Waals surface area contributed by atoms with Crippen molar-refractivity contribution in [2.75, 3.05) is 6.54 Å². The maximum atomic E-state index is 13.0. The summed E-state index contributed by atoms with van der Waals surface area (Å²) in [7, 11) is 0. The lowest BCUT2D eigenvalue weighted by Crippen LogP contribution is -2.39. The first-order valence-corrected chi connectivity index (χ1v) is 8.75. The molecule has 4 rings (SSSR count). The van der Waals surface area contributed by atoms with E-state index in [1.807, 2.05) is 17.9 Å². The number of aryl methyl sites for hydroxylation is 1. The minimum absolute atomic E-state index is 0.0590. The number of carbonyl (C=O) groups excluding carboxylic acids is 1. The summed E-state index contributed by atoms with van der Waals surface area (Å²) >= 11 is 1.80. The topological polar surface area (TPSA) is 61.9 Å². The maximum absolute atomic E-state index is 13.0. The molecule has 4 heterocycles. The van der Waals surface area contributed by atoms with Gasteiger partial charge >= 0.3 is 0 Å². The molecule has 0 spiro atoms. The first kappa shape index (κ1) is 14.4. The van der Waals surface area contributed by atoms with Crippen molar-refractivity contribution in [3.63, 3.8) is 0 Å². The molecular weight excluding hydrogens is 308 g/mol. The van der Waals surface area contributed by atoms with Crippen LogP contribution in [0.1, 0.15) is 45.9 Å². The third kappa shape index (κ3) is 2.25. The molecule has 0 saturated carbocycles. The predicted octanol–water partition coefficient (Wildman–Crippen LogP) is 3.48. The Balaban J connectivity index is 1.71. The molecule has 118 valence electrons. The van der Waals surface area contributed by atoms with Gasteiger partial charge in [-0.05, 0) is 42.8 Å². The molecule has 1 N–H and O–H groups in total. The van der Waals surface area contributed by atoms with E-state index in [1.165, 1.54) is 10.4 Å². The van der Waals surface area contributed by atoms with Crippen molar-refractivity contribution in [1.82, 2.24) is 20.1 Å². The van der Waals surface area contributed by atoms with Gasteiger partial charge in [0, 0.05) is 28.7 Å². The number of hydrogen-bond donors (Lipinski definition) is 1. The van der Waals surface area contributed by atoms with Crippen LogP contribution in [0, 0.1) is 6.92 Å². The van der Waals surface area contributed by atoms with Gasteiger partial charge in [0.1, 0.15) is 0 Å². The first-order chi connectivity index (χ1) is 11.2. The molecule has 1 atom stereocenters. The number of nitrogens with zero attached hydrogens (tertiary/aromatic N) is 3. The van der Waals surface area contributed by atoms with Gasteiger partial charge in [-0.25, -0.2) is 4.98 Å². The quantitative estimate of drug-likeness (QED) is 0.784. The summed E-state index contributed by atoms with van der Waals surface area (Å²) in [6, 6.07) is 4.23. The number of H-pyrrole nitrogens is 1. The Morgan fingerprint density at radius 2 is 2.39 bits per heavy atom. The van der Waals surface area contributed by atoms with Gasteiger partial charge in [-0.15, -0.1) is 11.3 Å². The van der Waals surface area contributed by atoms with Gasteiger partial charge in [0.25, 0.3) is 5.91 Å². The van der Waals surface area contributed by atoms with Crippen LogP contribution in [-0.4, -0.2) is 32.5 Å². The van der Waals surface area contributed by atoms with E-state index in [0.29, 0.717) is 11.2 Å². The van der Waals surface area contributed by atoms with Crippen LogP contribution in [0.5, 0.6) is 0 Å². The molecule has 1 aliphatic heterocycles. The normalized spacial score (nSPS) is 17.5. The third-order valence-electron chi connectivity index (χ3n) is 4.59. The SMILES string of the molecule is CCC1c2ccsc2CCN1C(=O)c1cnc2n[nH]c(C)c2c1. The van der Waals surface area contributed by atoms with Gasteiger partial charge in [0.15, 0.2) is 5.65 Å². The Morgan fingerprint density at radius 3 is 3.22 bits per heavy atom. The van der Waals surface area contributed by atoms with Crippen molar-refractivity contribution in [2.45, 2.75) is 32.7 Å². The van der Waals surface area contributed by atoms with E-state index in [9.17, 15) is 4.79 Å². The predicted molar refractivity (Wildman–Crippen MR) is 90.7 cm³/mol. The summed E-state index contributed by atoms with van der Waals surface area (Å²) in [5.41, 5.74) is 3.54. The summed E-state index contributed by atoms with van der Waals surface area (Å²) < 4.78 is 0. The average molecular weight is 326 g/mol. The van der Waals surface area contributed by atoms with E-state index in [1.54, 1.807) is 17.5 Å². The van der Waals surface area contributed by atoms with Gasteiger partial charge in [0.2, 0.25) is 0 Å². The lowest BCUT2D eigenvalue weighted by molar-refractivity contribution is 0.0657. The van der Waals surface area contributed by atoms with Crippen LogP contribution in [0.25, 0.3) is 11.0 Å². The third-order valence-corrected chi connectivity index (χ3v) is 5.59. The largest absolute Gasteiger partial charge is 0.331 e. The molecule has 0 aromatic carbocycles. The lowest BCUT2D eigenvalue weighted by Gasteiger charge is -2.35. The highest BCUT2D eigenvalue weighted by molar-refractivity contribution is 7.10. The number of amides is 1. The Kier molecular flexibility index (Phi) is 3.41. The van der Waals surface area contributed by atoms with Crippen LogP contribution in [0.3, 0.4) is 0 Å². The van der Waals surface area contributed by atoms with Crippen LogP contribution in [-0.2, 0) is 6.42 Å². The van der Waals surface area contributed by atoms with Gasteiger partial charge in [-0.2, -0.15) is 5.10 Å². The minimum atomic E-state index is 0.0590. The molecule has 6 heteroatoms. The van der Waals surface area contributed by atoms with Crippen molar-refractivity contribution in [1.29, 1.82) is 0 Å². The molecule has 0 fully saturated rings. The fourth-order valence-corrected chi connectivity index (χ4v) is 4.31. The molecule has 0 saturated heterocycles. The molecule has 23 heavy (non-hydrogen) atoms. The fraction of sp³-hybridized carbons (Fsp3) is 0.353. The summed E-state index contributed by atoms with van der Waals surface area (Å²) in [5, 5.41) is 10.1. The van der Waals surface area contributed by atoms with Crippen molar-refractivity contribution in [3.8, 4) is 0 Å². The van der Waals surface area contributed by atoms with Gasteiger partial charge < -0.3 is 4.90 Å². The van der Waals surface area contributed by atoms with Crippen molar-refractivity contribution >= 4 is 28.3 Å². The summed E-state index contributed by atoms with van der Waals surface area (Å²) in [5.74, 6) is 0.0590. The number of pyridine rings is 1. The second-order valence-corrected chi connectivity index (χ2v) is 6.92. The lowest BCUT2D eigenvalue weighted by atomic mass is 9.97. The minimum Gasteiger partial charge on any atom is -0.331 e. The zero-order valence-electron chi connectivity index (χ0n) is 13.2. The fourth-order valence-electron chi connectivity index (χ4n) is 3.38. The summed E-state index contributed by atoms with van der Waals surface area (Å²) in [6.07, 6.45) is 3.51.